The standard InChI is InChI=1S/C17H22ClNO2/c1-11(2)13(10-19-14-3-4-14)7-12-8-15(18)17-16(9-12)20-5-6-21-17/h7-9,11,14,19H,3-6,10H2,1-2H3. The zero-order chi connectivity index (χ0) is 14.8. The van der Waals surface area contributed by atoms with Crippen LogP contribution in [-0.4, -0.2) is 25.8 Å². The number of nitrogens with one attached hydrogen (secondary N) is 1. The predicted octanol–water partition coefficient (Wildman–Crippen LogP) is 3.90. The summed E-state index contributed by atoms with van der Waals surface area (Å²) in [6.45, 7) is 6.52. The molecular weight excluding hydrogens is 286 g/mol. The van der Waals surface area contributed by atoms with Gasteiger partial charge in [-0.1, -0.05) is 37.1 Å². The molecule has 1 heterocycles. The molecule has 1 saturated carbocycles. The van der Waals surface area contributed by atoms with Crippen molar-refractivity contribution in [1.82, 2.24) is 5.32 Å². The molecule has 3 nitrogen and oxygen atoms in total. The first-order valence-corrected chi connectivity index (χ1v) is 8.04. The van der Waals surface area contributed by atoms with Crippen molar-refractivity contribution in [3.8, 4) is 11.5 Å². The van der Waals surface area contributed by atoms with Crippen LogP contribution in [0.2, 0.25) is 5.02 Å². The maximum Gasteiger partial charge on any atom is 0.179 e. The van der Waals surface area contributed by atoms with Crippen LogP contribution in [-0.2, 0) is 0 Å². The van der Waals surface area contributed by atoms with E-state index in [1.807, 2.05) is 12.1 Å². The molecule has 0 unspecified atom stereocenters. The molecule has 21 heavy (non-hydrogen) atoms. The number of rotatable bonds is 5. The Balaban J connectivity index is 1.83. The van der Waals surface area contributed by atoms with E-state index in [0.717, 1.165) is 23.9 Å². The largest absolute Gasteiger partial charge is 0.486 e. The number of hydrogen-bond acceptors (Lipinski definition) is 3. The van der Waals surface area contributed by atoms with Gasteiger partial charge in [0.05, 0.1) is 5.02 Å². The summed E-state index contributed by atoms with van der Waals surface area (Å²) in [7, 11) is 0. The molecule has 3 rings (SSSR count). The van der Waals surface area contributed by atoms with Gasteiger partial charge in [-0.3, -0.25) is 0 Å². The van der Waals surface area contributed by atoms with Crippen LogP contribution in [0.3, 0.4) is 0 Å². The van der Waals surface area contributed by atoms with Gasteiger partial charge in [-0.2, -0.15) is 0 Å². The summed E-state index contributed by atoms with van der Waals surface area (Å²) in [5.74, 6) is 1.92. The summed E-state index contributed by atoms with van der Waals surface area (Å²) >= 11 is 6.30. The summed E-state index contributed by atoms with van der Waals surface area (Å²) < 4.78 is 11.2. The molecule has 0 saturated heterocycles. The van der Waals surface area contributed by atoms with Crippen molar-refractivity contribution in [3.05, 3.63) is 28.3 Å². The molecule has 1 aliphatic carbocycles. The topological polar surface area (TPSA) is 30.5 Å². The van der Waals surface area contributed by atoms with Crippen molar-refractivity contribution in [1.29, 1.82) is 0 Å². The third-order valence-corrected chi connectivity index (χ3v) is 4.17. The number of benzene rings is 1. The van der Waals surface area contributed by atoms with Crippen LogP contribution in [0.25, 0.3) is 6.08 Å². The van der Waals surface area contributed by atoms with Crippen LogP contribution in [0.1, 0.15) is 32.3 Å². The molecular formula is C17H22ClNO2. The van der Waals surface area contributed by atoms with E-state index >= 15 is 0 Å². The molecule has 1 fully saturated rings. The fourth-order valence-corrected chi connectivity index (χ4v) is 2.67. The average molecular weight is 308 g/mol. The van der Waals surface area contributed by atoms with Crippen molar-refractivity contribution in [2.45, 2.75) is 32.7 Å². The SMILES string of the molecule is CC(C)C(=Cc1cc(Cl)c2c(c1)OCCO2)CNC1CC1. The van der Waals surface area contributed by atoms with Crippen LogP contribution in [0.5, 0.6) is 11.5 Å². The summed E-state index contributed by atoms with van der Waals surface area (Å²) in [5.41, 5.74) is 2.46. The van der Waals surface area contributed by atoms with Gasteiger partial charge >= 0.3 is 0 Å². The molecule has 1 aromatic rings. The average Bonchev–Trinajstić information content (AvgIpc) is 3.27. The molecule has 114 valence electrons. The Morgan fingerprint density at radius 2 is 2.10 bits per heavy atom. The van der Waals surface area contributed by atoms with E-state index in [2.05, 4.69) is 25.2 Å². The second-order valence-corrected chi connectivity index (χ2v) is 6.46. The van der Waals surface area contributed by atoms with Gasteiger partial charge in [-0.15, -0.1) is 0 Å². The minimum Gasteiger partial charge on any atom is -0.486 e. The Kier molecular flexibility index (Phi) is 4.41. The number of ether oxygens (including phenoxy) is 2. The van der Waals surface area contributed by atoms with E-state index < -0.39 is 0 Å². The highest BCUT2D eigenvalue weighted by atomic mass is 35.5. The van der Waals surface area contributed by atoms with E-state index in [4.69, 9.17) is 21.1 Å². The van der Waals surface area contributed by atoms with Gasteiger partial charge in [0.15, 0.2) is 11.5 Å². The molecule has 1 aromatic carbocycles. The Morgan fingerprint density at radius 3 is 2.81 bits per heavy atom. The molecule has 0 aromatic heterocycles. The lowest BCUT2D eigenvalue weighted by atomic mass is 10.00. The lowest BCUT2D eigenvalue weighted by Gasteiger charge is -2.20. The maximum absolute atomic E-state index is 6.30. The highest BCUT2D eigenvalue weighted by Gasteiger charge is 2.21. The summed E-state index contributed by atoms with van der Waals surface area (Å²) in [6, 6.07) is 4.69. The van der Waals surface area contributed by atoms with Crippen molar-refractivity contribution in [3.63, 3.8) is 0 Å². The second kappa shape index (κ2) is 6.29. The quantitative estimate of drug-likeness (QED) is 0.895. The first-order valence-electron chi connectivity index (χ1n) is 7.66. The zero-order valence-electron chi connectivity index (χ0n) is 12.6. The third-order valence-electron chi connectivity index (χ3n) is 3.89. The summed E-state index contributed by atoms with van der Waals surface area (Å²) in [4.78, 5) is 0. The van der Waals surface area contributed by atoms with Gasteiger partial charge in [0.25, 0.3) is 0 Å². The number of hydrogen-bond donors (Lipinski definition) is 1. The van der Waals surface area contributed by atoms with E-state index in [1.165, 1.54) is 18.4 Å². The first kappa shape index (κ1) is 14.7. The van der Waals surface area contributed by atoms with Crippen LogP contribution >= 0.6 is 11.6 Å². The van der Waals surface area contributed by atoms with Gasteiger partial charge < -0.3 is 14.8 Å². The molecule has 1 aliphatic heterocycles. The van der Waals surface area contributed by atoms with Crippen LogP contribution in [0, 0.1) is 5.92 Å². The normalized spacial score (nSPS) is 18.2. The monoisotopic (exact) mass is 307 g/mol. The number of fused-ring (bicyclic) bond motifs is 1. The highest BCUT2D eigenvalue weighted by Crippen LogP contribution is 2.39. The molecule has 0 radical (unpaired) electrons. The van der Waals surface area contributed by atoms with E-state index in [-0.39, 0.29) is 0 Å². The second-order valence-electron chi connectivity index (χ2n) is 6.06. The van der Waals surface area contributed by atoms with E-state index in [0.29, 0.717) is 29.9 Å². The molecule has 4 heteroatoms. The third kappa shape index (κ3) is 3.72. The predicted molar refractivity (Wildman–Crippen MR) is 86.3 cm³/mol. The summed E-state index contributed by atoms with van der Waals surface area (Å²) in [6.07, 6.45) is 4.83. The Hall–Kier alpha value is -1.19. The molecule has 1 N–H and O–H groups in total. The zero-order valence-corrected chi connectivity index (χ0v) is 13.4. The molecule has 0 bridgehead atoms. The smallest absolute Gasteiger partial charge is 0.179 e. The fourth-order valence-electron chi connectivity index (χ4n) is 2.40. The molecule has 2 aliphatic rings. The van der Waals surface area contributed by atoms with Crippen LogP contribution in [0.15, 0.2) is 17.7 Å². The van der Waals surface area contributed by atoms with Crippen molar-refractivity contribution >= 4 is 17.7 Å². The van der Waals surface area contributed by atoms with Gasteiger partial charge in [0.1, 0.15) is 13.2 Å². The molecule has 0 spiro atoms. The van der Waals surface area contributed by atoms with E-state index in [1.54, 1.807) is 0 Å². The van der Waals surface area contributed by atoms with Gasteiger partial charge in [0.2, 0.25) is 0 Å². The lowest BCUT2D eigenvalue weighted by molar-refractivity contribution is 0.171. The Bertz CT molecular complexity index is 550. The lowest BCUT2D eigenvalue weighted by Crippen LogP contribution is -2.21. The van der Waals surface area contributed by atoms with Crippen molar-refractivity contribution < 1.29 is 9.47 Å². The fraction of sp³-hybridized carbons (Fsp3) is 0.529. The van der Waals surface area contributed by atoms with Gasteiger partial charge in [-0.05, 0) is 36.5 Å². The molecule has 0 amide bonds. The minimum atomic E-state index is 0.503. The summed E-state index contributed by atoms with van der Waals surface area (Å²) in [5, 5.41) is 4.20. The van der Waals surface area contributed by atoms with Gasteiger partial charge in [-0.25, -0.2) is 0 Å². The van der Waals surface area contributed by atoms with Gasteiger partial charge in [0, 0.05) is 12.6 Å². The first-order chi connectivity index (χ1) is 10.1. The van der Waals surface area contributed by atoms with Crippen LogP contribution < -0.4 is 14.8 Å². The number of halogens is 1. The van der Waals surface area contributed by atoms with Crippen molar-refractivity contribution in [2.24, 2.45) is 5.92 Å². The van der Waals surface area contributed by atoms with E-state index in [9.17, 15) is 0 Å². The minimum absolute atomic E-state index is 0.503. The highest BCUT2D eigenvalue weighted by molar-refractivity contribution is 6.32. The Labute approximate surface area is 131 Å². The van der Waals surface area contributed by atoms with Crippen molar-refractivity contribution in [2.75, 3.05) is 19.8 Å². The molecule has 0 atom stereocenters. The Morgan fingerprint density at radius 1 is 1.33 bits per heavy atom. The maximum atomic E-state index is 6.30. The van der Waals surface area contributed by atoms with Crippen LogP contribution in [0.4, 0.5) is 0 Å².